The van der Waals surface area contributed by atoms with Gasteiger partial charge in [0, 0.05) is 17.7 Å². The molecule has 0 aliphatic rings. The van der Waals surface area contributed by atoms with Gasteiger partial charge < -0.3 is 10.1 Å². The highest BCUT2D eigenvalue weighted by Crippen LogP contribution is 2.29. The largest absolute Gasteiger partial charge is 0.516 e. The molecule has 10 heteroatoms. The van der Waals surface area contributed by atoms with E-state index in [-0.39, 0.29) is 11.4 Å². The lowest BCUT2D eigenvalue weighted by Crippen LogP contribution is -2.29. The van der Waals surface area contributed by atoms with Crippen LogP contribution in [-0.4, -0.2) is 29.0 Å². The third-order valence-electron chi connectivity index (χ3n) is 5.24. The summed E-state index contributed by atoms with van der Waals surface area (Å²) in [6.07, 6.45) is 1.09. The van der Waals surface area contributed by atoms with E-state index in [0.717, 1.165) is 33.5 Å². The van der Waals surface area contributed by atoms with Crippen LogP contribution in [0.2, 0.25) is 0 Å². The van der Waals surface area contributed by atoms with Crippen LogP contribution in [0.25, 0.3) is 27.9 Å². The minimum Gasteiger partial charge on any atom is -0.508 e. The van der Waals surface area contributed by atoms with E-state index < -0.39 is 15.5 Å². The fourth-order valence-corrected chi connectivity index (χ4v) is 4.11. The van der Waals surface area contributed by atoms with Gasteiger partial charge in [-0.1, -0.05) is 49.0 Å². The van der Waals surface area contributed by atoms with Gasteiger partial charge in [0.1, 0.15) is 11.6 Å². The van der Waals surface area contributed by atoms with Crippen molar-refractivity contribution >= 4 is 32.5 Å². The summed E-state index contributed by atoms with van der Waals surface area (Å²) in [5, 5.41) is 9.87. The fraction of sp³-hybridized carbons (Fsp3) is 0.125. The van der Waals surface area contributed by atoms with Crippen molar-refractivity contribution in [2.45, 2.75) is 18.3 Å². The van der Waals surface area contributed by atoms with Crippen molar-refractivity contribution in [3.8, 4) is 11.1 Å². The minimum absolute atomic E-state index is 0.0155. The standard InChI is InChI=1S/C24H20F3N3O3S/c1-15(31)19-4-2-3-5-20(19)17-9-12-21-22(14-17)29-23(28-21)13-8-16-6-10-18(11-7-16)30-34(32,33)24(25,26)27/h2-7,9-12,14,30-31H,1,8,13H2,(H,28,29). The molecule has 0 spiro atoms. The first-order valence-electron chi connectivity index (χ1n) is 10.2. The maximum atomic E-state index is 12.5. The molecule has 0 saturated carbocycles. The number of aromatic amines is 1. The van der Waals surface area contributed by atoms with E-state index in [1.807, 2.05) is 36.4 Å². The summed E-state index contributed by atoms with van der Waals surface area (Å²) in [4.78, 5) is 7.85. The van der Waals surface area contributed by atoms with Gasteiger partial charge in [0.25, 0.3) is 0 Å². The van der Waals surface area contributed by atoms with Crippen LogP contribution in [0.5, 0.6) is 0 Å². The number of benzene rings is 3. The zero-order valence-corrected chi connectivity index (χ0v) is 18.5. The maximum absolute atomic E-state index is 12.5. The van der Waals surface area contributed by atoms with Gasteiger partial charge >= 0.3 is 15.5 Å². The third-order valence-corrected chi connectivity index (χ3v) is 6.36. The Kier molecular flexibility index (Phi) is 6.09. The number of rotatable bonds is 7. The summed E-state index contributed by atoms with van der Waals surface area (Å²) < 4.78 is 61.4. The van der Waals surface area contributed by atoms with Gasteiger partial charge in [-0.25, -0.2) is 4.98 Å². The molecule has 3 aromatic carbocycles. The third kappa shape index (κ3) is 4.91. The normalized spacial score (nSPS) is 12.1. The summed E-state index contributed by atoms with van der Waals surface area (Å²) >= 11 is 0. The summed E-state index contributed by atoms with van der Waals surface area (Å²) in [5.41, 5.74) is -0.753. The van der Waals surface area contributed by atoms with Gasteiger partial charge in [-0.05, 0) is 47.4 Å². The number of anilines is 1. The molecule has 0 fully saturated rings. The molecule has 0 saturated heterocycles. The molecule has 0 radical (unpaired) electrons. The number of sulfonamides is 1. The van der Waals surface area contributed by atoms with Crippen molar-refractivity contribution in [1.29, 1.82) is 0 Å². The number of halogens is 3. The highest BCUT2D eigenvalue weighted by molar-refractivity contribution is 7.93. The molecule has 4 aromatic rings. The number of nitrogens with zero attached hydrogens (tertiary/aromatic N) is 1. The zero-order valence-electron chi connectivity index (χ0n) is 17.7. The van der Waals surface area contributed by atoms with Gasteiger partial charge in [-0.3, -0.25) is 4.72 Å². The number of fused-ring (bicyclic) bond motifs is 1. The quantitative estimate of drug-likeness (QED) is 0.287. The lowest BCUT2D eigenvalue weighted by Gasteiger charge is -2.10. The molecular formula is C24H20F3N3O3S. The van der Waals surface area contributed by atoms with Crippen LogP contribution in [-0.2, 0) is 22.9 Å². The molecule has 0 bridgehead atoms. The molecule has 34 heavy (non-hydrogen) atoms. The smallest absolute Gasteiger partial charge is 0.508 e. The van der Waals surface area contributed by atoms with Crippen LogP contribution in [0, 0.1) is 0 Å². The van der Waals surface area contributed by atoms with E-state index in [4.69, 9.17) is 0 Å². The number of hydrogen-bond acceptors (Lipinski definition) is 4. The van der Waals surface area contributed by atoms with Crippen molar-refractivity contribution in [2.24, 2.45) is 0 Å². The maximum Gasteiger partial charge on any atom is 0.516 e. The van der Waals surface area contributed by atoms with E-state index in [1.165, 1.54) is 16.9 Å². The van der Waals surface area contributed by atoms with Crippen molar-refractivity contribution in [2.75, 3.05) is 4.72 Å². The van der Waals surface area contributed by atoms with E-state index in [0.29, 0.717) is 18.4 Å². The Hall–Kier alpha value is -3.79. The van der Waals surface area contributed by atoms with Gasteiger partial charge in [0.2, 0.25) is 0 Å². The SMILES string of the molecule is C=C(O)c1ccccc1-c1ccc2nc(CCc3ccc(NS(=O)(=O)C(F)(F)F)cc3)[nH]c2c1. The average molecular weight is 488 g/mol. The Morgan fingerprint density at radius 3 is 2.41 bits per heavy atom. The Balaban J connectivity index is 1.47. The second-order valence-corrected chi connectivity index (χ2v) is 9.33. The molecular weight excluding hydrogens is 467 g/mol. The molecule has 6 nitrogen and oxygen atoms in total. The minimum atomic E-state index is -5.45. The summed E-state index contributed by atoms with van der Waals surface area (Å²) in [6.45, 7) is 3.62. The lowest BCUT2D eigenvalue weighted by atomic mass is 9.98. The number of aliphatic hydroxyl groups is 1. The van der Waals surface area contributed by atoms with E-state index >= 15 is 0 Å². The van der Waals surface area contributed by atoms with Crippen molar-refractivity contribution < 1.29 is 26.7 Å². The van der Waals surface area contributed by atoms with Crippen molar-refractivity contribution in [3.63, 3.8) is 0 Å². The number of alkyl halides is 3. The van der Waals surface area contributed by atoms with Crippen LogP contribution in [0.1, 0.15) is 17.0 Å². The Morgan fingerprint density at radius 1 is 1.03 bits per heavy atom. The number of hydrogen-bond donors (Lipinski definition) is 3. The Labute approximate surface area is 193 Å². The lowest BCUT2D eigenvalue weighted by molar-refractivity contribution is -0.0429. The average Bonchev–Trinajstić information content (AvgIpc) is 3.20. The fourth-order valence-electron chi connectivity index (χ4n) is 3.55. The first-order valence-corrected chi connectivity index (χ1v) is 11.7. The highest BCUT2D eigenvalue weighted by atomic mass is 32.2. The number of aliphatic hydroxyl groups excluding tert-OH is 1. The summed E-state index contributed by atoms with van der Waals surface area (Å²) in [7, 11) is -5.45. The van der Waals surface area contributed by atoms with Crippen molar-refractivity contribution in [1.82, 2.24) is 9.97 Å². The van der Waals surface area contributed by atoms with E-state index in [2.05, 4.69) is 16.5 Å². The first kappa shape index (κ1) is 23.4. The van der Waals surface area contributed by atoms with E-state index in [1.54, 1.807) is 18.2 Å². The second-order valence-electron chi connectivity index (χ2n) is 7.66. The molecule has 0 aliphatic carbocycles. The second kappa shape index (κ2) is 8.86. The van der Waals surface area contributed by atoms with Crippen LogP contribution in [0.4, 0.5) is 18.9 Å². The predicted molar refractivity (Wildman–Crippen MR) is 126 cm³/mol. The van der Waals surface area contributed by atoms with Gasteiger partial charge in [-0.2, -0.15) is 21.6 Å². The Morgan fingerprint density at radius 2 is 1.74 bits per heavy atom. The molecule has 0 amide bonds. The predicted octanol–water partition coefficient (Wildman–Crippen LogP) is 5.81. The molecule has 0 atom stereocenters. The van der Waals surface area contributed by atoms with Crippen LogP contribution in [0.15, 0.2) is 73.3 Å². The van der Waals surface area contributed by atoms with Crippen LogP contribution < -0.4 is 4.72 Å². The molecule has 176 valence electrons. The number of H-pyrrole nitrogens is 1. The molecule has 0 unspecified atom stereocenters. The number of nitrogens with one attached hydrogen (secondary N) is 2. The molecule has 1 aromatic heterocycles. The molecule has 0 aliphatic heterocycles. The molecule has 4 rings (SSSR count). The zero-order chi connectivity index (χ0) is 24.5. The topological polar surface area (TPSA) is 95.1 Å². The van der Waals surface area contributed by atoms with Gasteiger partial charge in [0.05, 0.1) is 11.0 Å². The van der Waals surface area contributed by atoms with Gasteiger partial charge in [-0.15, -0.1) is 0 Å². The summed E-state index contributed by atoms with van der Waals surface area (Å²) in [5.74, 6) is 0.715. The number of imidazole rings is 1. The Bertz CT molecular complexity index is 1460. The van der Waals surface area contributed by atoms with Crippen LogP contribution >= 0.6 is 0 Å². The number of aromatic nitrogens is 2. The van der Waals surface area contributed by atoms with Crippen LogP contribution in [0.3, 0.4) is 0 Å². The van der Waals surface area contributed by atoms with E-state index in [9.17, 15) is 26.7 Å². The molecule has 1 heterocycles. The molecule has 3 N–H and O–H groups in total. The first-order chi connectivity index (χ1) is 16.0. The highest BCUT2D eigenvalue weighted by Gasteiger charge is 2.46. The van der Waals surface area contributed by atoms with Gasteiger partial charge in [0.15, 0.2) is 0 Å². The van der Waals surface area contributed by atoms with Crippen molar-refractivity contribution in [3.05, 3.63) is 90.3 Å². The number of aryl methyl sites for hydroxylation is 2. The summed E-state index contributed by atoms with van der Waals surface area (Å²) in [6, 6.07) is 18.8. The monoisotopic (exact) mass is 487 g/mol.